The van der Waals surface area contributed by atoms with E-state index in [1.807, 2.05) is 49.6 Å². The molecule has 0 aliphatic heterocycles. The molecule has 2 aromatic heterocycles. The number of ether oxygens (including phenoxy) is 1. The van der Waals surface area contributed by atoms with E-state index in [0.717, 1.165) is 30.7 Å². The number of halogens is 1. The second kappa shape index (κ2) is 13.3. The molecule has 0 saturated carbocycles. The number of pyridine rings is 1. The SMILES string of the molecule is CCCCC(CNC(=O)OC(C)(C)C)NC(=NC)NCCc1nnc2ccccn12.I. The minimum Gasteiger partial charge on any atom is -0.444 e. The predicted molar refractivity (Wildman–Crippen MR) is 134 cm³/mol. The van der Waals surface area contributed by atoms with E-state index in [1.54, 1.807) is 7.05 Å². The monoisotopic (exact) mass is 545 g/mol. The molecule has 0 aliphatic rings. The molecule has 10 heteroatoms. The standard InChI is InChI=1S/C21H35N7O2.HI/c1-6-7-10-16(15-24-20(29)30-21(2,3)4)25-19(22-5)23-13-12-18-27-26-17-11-8-9-14-28(17)18;/h8-9,11,14,16H,6-7,10,12-13,15H2,1-5H3,(H,24,29)(H2,22,23,25);1H. The summed E-state index contributed by atoms with van der Waals surface area (Å²) in [5.41, 5.74) is 0.322. The molecule has 2 heterocycles. The molecule has 0 saturated heterocycles. The van der Waals surface area contributed by atoms with Crippen molar-refractivity contribution in [1.29, 1.82) is 0 Å². The molecule has 0 bridgehead atoms. The Bertz CT molecular complexity index is 832. The first-order valence-electron chi connectivity index (χ1n) is 10.5. The number of nitrogens with zero attached hydrogens (tertiary/aromatic N) is 4. The highest BCUT2D eigenvalue weighted by Crippen LogP contribution is 2.07. The molecule has 0 radical (unpaired) electrons. The van der Waals surface area contributed by atoms with Gasteiger partial charge in [0.2, 0.25) is 0 Å². The maximum atomic E-state index is 12.0. The first-order valence-corrected chi connectivity index (χ1v) is 10.5. The van der Waals surface area contributed by atoms with Crippen LogP contribution in [0.1, 0.15) is 52.8 Å². The average molecular weight is 545 g/mol. The predicted octanol–water partition coefficient (Wildman–Crippen LogP) is 3.14. The highest BCUT2D eigenvalue weighted by molar-refractivity contribution is 14.0. The number of rotatable bonds is 9. The van der Waals surface area contributed by atoms with Gasteiger partial charge in [0.15, 0.2) is 11.6 Å². The maximum absolute atomic E-state index is 12.0. The summed E-state index contributed by atoms with van der Waals surface area (Å²) >= 11 is 0. The van der Waals surface area contributed by atoms with Gasteiger partial charge in [-0.25, -0.2) is 4.79 Å². The van der Waals surface area contributed by atoms with E-state index in [4.69, 9.17) is 4.74 Å². The number of fused-ring (bicyclic) bond motifs is 1. The van der Waals surface area contributed by atoms with Crippen LogP contribution in [0.3, 0.4) is 0 Å². The summed E-state index contributed by atoms with van der Waals surface area (Å²) in [6.07, 6.45) is 5.31. The van der Waals surface area contributed by atoms with Gasteiger partial charge in [0.1, 0.15) is 11.4 Å². The second-order valence-corrected chi connectivity index (χ2v) is 8.16. The molecule has 31 heavy (non-hydrogen) atoms. The van der Waals surface area contributed by atoms with Crippen LogP contribution in [-0.4, -0.2) is 58.4 Å². The van der Waals surface area contributed by atoms with Crippen LogP contribution < -0.4 is 16.0 Å². The number of hydrogen-bond acceptors (Lipinski definition) is 5. The number of hydrogen-bond donors (Lipinski definition) is 3. The Morgan fingerprint density at radius 3 is 2.71 bits per heavy atom. The van der Waals surface area contributed by atoms with Gasteiger partial charge in [0.25, 0.3) is 0 Å². The maximum Gasteiger partial charge on any atom is 0.407 e. The number of carbonyl (C=O) groups is 1. The van der Waals surface area contributed by atoms with Crippen LogP contribution in [0.4, 0.5) is 4.79 Å². The fraction of sp³-hybridized carbons (Fsp3) is 0.619. The minimum absolute atomic E-state index is 0. The van der Waals surface area contributed by atoms with Gasteiger partial charge in [-0.1, -0.05) is 25.8 Å². The molecule has 9 nitrogen and oxygen atoms in total. The lowest BCUT2D eigenvalue weighted by Crippen LogP contribution is -2.49. The number of guanidine groups is 1. The van der Waals surface area contributed by atoms with Crippen LogP contribution in [0.25, 0.3) is 5.65 Å². The molecular formula is C21H36IN7O2. The number of aromatic nitrogens is 3. The summed E-state index contributed by atoms with van der Waals surface area (Å²) in [6, 6.07) is 5.89. The number of unbranched alkanes of at least 4 members (excludes halogenated alkanes) is 1. The number of amides is 1. The molecule has 174 valence electrons. The smallest absolute Gasteiger partial charge is 0.407 e. The molecule has 1 unspecified atom stereocenters. The lowest BCUT2D eigenvalue weighted by Gasteiger charge is -2.24. The molecule has 0 spiro atoms. The molecule has 2 aromatic rings. The van der Waals surface area contributed by atoms with Gasteiger partial charge in [-0.05, 0) is 39.3 Å². The summed E-state index contributed by atoms with van der Waals surface area (Å²) < 4.78 is 7.31. The molecule has 0 fully saturated rings. The number of aliphatic imine (C=N–C) groups is 1. The third-order valence-electron chi connectivity index (χ3n) is 4.39. The van der Waals surface area contributed by atoms with E-state index in [9.17, 15) is 4.79 Å². The quantitative estimate of drug-likeness (QED) is 0.254. The van der Waals surface area contributed by atoms with Gasteiger partial charge in [-0.2, -0.15) is 0 Å². The number of alkyl carbamates (subject to hydrolysis) is 1. The van der Waals surface area contributed by atoms with Crippen molar-refractivity contribution in [3.8, 4) is 0 Å². The summed E-state index contributed by atoms with van der Waals surface area (Å²) in [4.78, 5) is 16.3. The zero-order chi connectivity index (χ0) is 22.0. The zero-order valence-corrected chi connectivity index (χ0v) is 21.5. The molecule has 1 atom stereocenters. The van der Waals surface area contributed by atoms with E-state index in [2.05, 4.69) is 38.1 Å². The van der Waals surface area contributed by atoms with E-state index in [1.165, 1.54) is 0 Å². The van der Waals surface area contributed by atoms with E-state index in [0.29, 0.717) is 25.5 Å². The number of carbonyl (C=O) groups excluding carboxylic acids is 1. The molecule has 0 aromatic carbocycles. The van der Waals surface area contributed by atoms with Crippen LogP contribution in [0.2, 0.25) is 0 Å². The highest BCUT2D eigenvalue weighted by Gasteiger charge is 2.18. The summed E-state index contributed by atoms with van der Waals surface area (Å²) in [5, 5.41) is 18.0. The Morgan fingerprint density at radius 1 is 1.26 bits per heavy atom. The van der Waals surface area contributed by atoms with Crippen molar-refractivity contribution < 1.29 is 9.53 Å². The van der Waals surface area contributed by atoms with Gasteiger partial charge in [0, 0.05) is 38.8 Å². The molecule has 2 rings (SSSR count). The van der Waals surface area contributed by atoms with E-state index in [-0.39, 0.29) is 30.0 Å². The summed E-state index contributed by atoms with van der Waals surface area (Å²) in [5.74, 6) is 1.58. The lowest BCUT2D eigenvalue weighted by atomic mass is 10.1. The topological polar surface area (TPSA) is 105 Å². The summed E-state index contributed by atoms with van der Waals surface area (Å²) in [7, 11) is 1.74. The fourth-order valence-electron chi connectivity index (χ4n) is 2.94. The molecule has 0 aliphatic carbocycles. The largest absolute Gasteiger partial charge is 0.444 e. The normalized spacial score (nSPS) is 12.7. The Hall–Kier alpha value is -2.11. The first-order chi connectivity index (χ1) is 14.3. The van der Waals surface area contributed by atoms with Gasteiger partial charge < -0.3 is 20.7 Å². The van der Waals surface area contributed by atoms with Crippen molar-refractivity contribution in [2.75, 3.05) is 20.1 Å². The van der Waals surface area contributed by atoms with Crippen LogP contribution in [-0.2, 0) is 11.2 Å². The van der Waals surface area contributed by atoms with Crippen molar-refractivity contribution in [3.63, 3.8) is 0 Å². The van der Waals surface area contributed by atoms with Gasteiger partial charge in [0.05, 0.1) is 0 Å². The Morgan fingerprint density at radius 2 is 2.03 bits per heavy atom. The van der Waals surface area contributed by atoms with Crippen molar-refractivity contribution >= 4 is 41.7 Å². The Labute approximate surface area is 201 Å². The van der Waals surface area contributed by atoms with E-state index < -0.39 is 11.7 Å². The number of nitrogens with one attached hydrogen (secondary N) is 3. The first kappa shape index (κ1) is 26.9. The third kappa shape index (κ3) is 9.70. The van der Waals surface area contributed by atoms with E-state index >= 15 is 0 Å². The lowest BCUT2D eigenvalue weighted by molar-refractivity contribution is 0.0522. The van der Waals surface area contributed by atoms with Crippen molar-refractivity contribution in [2.45, 2.75) is 65.0 Å². The summed E-state index contributed by atoms with van der Waals surface area (Å²) in [6.45, 7) is 8.82. The Balaban J connectivity index is 0.00000480. The fourth-order valence-corrected chi connectivity index (χ4v) is 2.94. The van der Waals surface area contributed by atoms with Crippen LogP contribution in [0.5, 0.6) is 0 Å². The van der Waals surface area contributed by atoms with Crippen molar-refractivity contribution in [1.82, 2.24) is 30.5 Å². The third-order valence-corrected chi connectivity index (χ3v) is 4.39. The Kier molecular flexibility index (Phi) is 11.6. The van der Waals surface area contributed by atoms with Gasteiger partial charge in [-0.3, -0.25) is 9.39 Å². The molecular weight excluding hydrogens is 509 g/mol. The van der Waals surface area contributed by atoms with Crippen LogP contribution in [0, 0.1) is 0 Å². The van der Waals surface area contributed by atoms with Gasteiger partial charge >= 0.3 is 6.09 Å². The molecule has 3 N–H and O–H groups in total. The van der Waals surface area contributed by atoms with Gasteiger partial charge in [-0.15, -0.1) is 34.2 Å². The average Bonchev–Trinajstić information content (AvgIpc) is 3.10. The second-order valence-electron chi connectivity index (χ2n) is 8.16. The van der Waals surface area contributed by atoms with Crippen molar-refractivity contribution in [2.24, 2.45) is 4.99 Å². The van der Waals surface area contributed by atoms with Crippen molar-refractivity contribution in [3.05, 3.63) is 30.2 Å². The van der Waals surface area contributed by atoms with Crippen LogP contribution >= 0.6 is 24.0 Å². The minimum atomic E-state index is -0.514. The van der Waals surface area contributed by atoms with Crippen LogP contribution in [0.15, 0.2) is 29.4 Å². The zero-order valence-electron chi connectivity index (χ0n) is 19.1. The molecule has 1 amide bonds. The highest BCUT2D eigenvalue weighted by atomic mass is 127.